The van der Waals surface area contributed by atoms with Crippen molar-refractivity contribution in [3.63, 3.8) is 0 Å². The molecule has 1 fully saturated rings. The van der Waals surface area contributed by atoms with Crippen LogP contribution in [0.4, 0.5) is 0 Å². The Hall–Kier alpha value is -1.44. The first-order valence-corrected chi connectivity index (χ1v) is 9.45. The molecule has 25 heavy (non-hydrogen) atoms. The van der Waals surface area contributed by atoms with E-state index in [1.807, 2.05) is 18.2 Å². The molecule has 0 bridgehead atoms. The average Bonchev–Trinajstić information content (AvgIpc) is 3.06. The topological polar surface area (TPSA) is 56.1 Å². The Morgan fingerprint density at radius 2 is 2.20 bits per heavy atom. The number of methoxy groups -OCH3 is 1. The first kappa shape index (κ1) is 18.4. The van der Waals surface area contributed by atoms with Crippen molar-refractivity contribution in [1.82, 2.24) is 24.6 Å². The van der Waals surface area contributed by atoms with Crippen molar-refractivity contribution >= 4 is 12.6 Å². The summed E-state index contributed by atoms with van der Waals surface area (Å²) >= 11 is 4.79. The van der Waals surface area contributed by atoms with Crippen LogP contribution in [0.3, 0.4) is 0 Å². The molecule has 2 atom stereocenters. The van der Waals surface area contributed by atoms with Gasteiger partial charge in [-0.15, -0.1) is 10.2 Å². The minimum absolute atomic E-state index is 0.182. The van der Waals surface area contributed by atoms with E-state index in [1.54, 1.807) is 13.3 Å². The van der Waals surface area contributed by atoms with Crippen molar-refractivity contribution in [3.8, 4) is 0 Å². The molecule has 2 aromatic rings. The molecule has 0 aromatic carbocycles. The fourth-order valence-corrected chi connectivity index (χ4v) is 3.79. The molecule has 3 heterocycles. The number of aromatic nitrogens is 4. The van der Waals surface area contributed by atoms with Gasteiger partial charge in [0.15, 0.2) is 5.82 Å². The third kappa shape index (κ3) is 4.22. The van der Waals surface area contributed by atoms with Crippen LogP contribution in [0.25, 0.3) is 0 Å². The fourth-order valence-electron chi connectivity index (χ4n) is 3.44. The second kappa shape index (κ2) is 8.78. The average molecular weight is 362 g/mol. The summed E-state index contributed by atoms with van der Waals surface area (Å²) in [5, 5.41) is 8.90. The molecule has 136 valence electrons. The van der Waals surface area contributed by atoms with Gasteiger partial charge in [0.25, 0.3) is 0 Å². The zero-order valence-electron chi connectivity index (χ0n) is 15.0. The van der Waals surface area contributed by atoms with Crippen LogP contribution in [0.1, 0.15) is 54.3 Å². The van der Waals surface area contributed by atoms with Crippen LogP contribution in [0.2, 0.25) is 0 Å². The summed E-state index contributed by atoms with van der Waals surface area (Å²) < 4.78 is 7.47. The highest BCUT2D eigenvalue weighted by molar-refractivity contribution is 7.80. The van der Waals surface area contributed by atoms with Gasteiger partial charge in [0, 0.05) is 26.5 Å². The number of hydrogen-bond acceptors (Lipinski definition) is 6. The van der Waals surface area contributed by atoms with Gasteiger partial charge in [-0.25, -0.2) is 0 Å². The maximum Gasteiger partial charge on any atom is 0.152 e. The van der Waals surface area contributed by atoms with E-state index in [0.29, 0.717) is 6.04 Å². The van der Waals surface area contributed by atoms with Crippen molar-refractivity contribution in [2.24, 2.45) is 0 Å². The lowest BCUT2D eigenvalue weighted by Gasteiger charge is -2.32. The number of hydrogen-bond donors (Lipinski definition) is 1. The zero-order chi connectivity index (χ0) is 17.6. The van der Waals surface area contributed by atoms with E-state index in [4.69, 9.17) is 17.4 Å². The summed E-state index contributed by atoms with van der Waals surface area (Å²) in [7, 11) is 3.91. The van der Waals surface area contributed by atoms with Gasteiger partial charge in [-0.05, 0) is 45.0 Å². The van der Waals surface area contributed by atoms with Crippen molar-refractivity contribution in [3.05, 3.63) is 41.7 Å². The lowest BCUT2D eigenvalue weighted by atomic mass is 10.0. The molecule has 0 saturated carbocycles. The predicted octanol–water partition coefficient (Wildman–Crippen LogP) is 2.89. The minimum Gasteiger partial charge on any atom is -0.385 e. The van der Waals surface area contributed by atoms with Crippen LogP contribution in [0.15, 0.2) is 24.4 Å². The van der Waals surface area contributed by atoms with Gasteiger partial charge in [0.05, 0.1) is 11.7 Å². The predicted molar refractivity (Wildman–Crippen MR) is 101 cm³/mol. The molecule has 0 radical (unpaired) electrons. The maximum atomic E-state index is 5.24. The summed E-state index contributed by atoms with van der Waals surface area (Å²) in [5.74, 6) is 1.91. The fraction of sp³-hybridized carbons (Fsp3) is 0.611. The van der Waals surface area contributed by atoms with Gasteiger partial charge in [0.2, 0.25) is 0 Å². The van der Waals surface area contributed by atoms with E-state index in [9.17, 15) is 0 Å². The smallest absolute Gasteiger partial charge is 0.152 e. The summed E-state index contributed by atoms with van der Waals surface area (Å²) in [6, 6.07) is 6.20. The van der Waals surface area contributed by atoms with Crippen LogP contribution in [-0.4, -0.2) is 52.0 Å². The molecule has 6 nitrogen and oxygen atoms in total. The van der Waals surface area contributed by atoms with Crippen LogP contribution in [-0.2, 0) is 11.3 Å². The zero-order valence-corrected chi connectivity index (χ0v) is 15.9. The molecule has 1 aliphatic rings. The molecule has 0 N–H and O–H groups in total. The number of nitrogens with zero attached hydrogens (tertiary/aromatic N) is 5. The van der Waals surface area contributed by atoms with Crippen LogP contribution in [0.5, 0.6) is 0 Å². The first-order valence-electron chi connectivity index (χ1n) is 8.93. The summed E-state index contributed by atoms with van der Waals surface area (Å²) in [6.07, 6.45) is 6.33. The molecule has 0 amide bonds. The molecule has 2 unspecified atom stereocenters. The molecule has 2 aromatic heterocycles. The molecule has 7 heteroatoms. The van der Waals surface area contributed by atoms with Crippen molar-refractivity contribution < 1.29 is 4.74 Å². The number of thiol groups is 1. The minimum atomic E-state index is -0.182. The number of pyridine rings is 1. The highest BCUT2D eigenvalue weighted by Crippen LogP contribution is 2.32. The largest absolute Gasteiger partial charge is 0.385 e. The third-order valence-corrected chi connectivity index (χ3v) is 5.31. The monoisotopic (exact) mass is 361 g/mol. The Bertz CT molecular complexity index is 663. The van der Waals surface area contributed by atoms with Gasteiger partial charge in [0.1, 0.15) is 11.1 Å². The molecule has 1 aliphatic heterocycles. The van der Waals surface area contributed by atoms with E-state index in [-0.39, 0.29) is 5.25 Å². The third-order valence-electron chi connectivity index (χ3n) is 4.82. The summed E-state index contributed by atoms with van der Waals surface area (Å²) in [6.45, 7) is 2.66. The van der Waals surface area contributed by atoms with Gasteiger partial charge in [-0.1, -0.05) is 12.5 Å². The normalized spacial score (nSPS) is 19.9. The molecular formula is C18H27N5OS. The second-order valence-corrected chi connectivity index (χ2v) is 7.08. The van der Waals surface area contributed by atoms with Gasteiger partial charge in [-0.3, -0.25) is 9.88 Å². The Kier molecular flexibility index (Phi) is 6.45. The molecule has 0 aliphatic carbocycles. The summed E-state index contributed by atoms with van der Waals surface area (Å²) in [4.78, 5) is 6.82. The lowest BCUT2D eigenvalue weighted by molar-refractivity contribution is 0.169. The van der Waals surface area contributed by atoms with Crippen molar-refractivity contribution in [1.29, 1.82) is 0 Å². The van der Waals surface area contributed by atoms with Gasteiger partial charge < -0.3 is 9.30 Å². The quantitative estimate of drug-likeness (QED) is 0.607. The van der Waals surface area contributed by atoms with E-state index >= 15 is 0 Å². The van der Waals surface area contributed by atoms with E-state index < -0.39 is 0 Å². The molecule has 0 spiro atoms. The second-order valence-electron chi connectivity index (χ2n) is 6.56. The SMILES string of the molecule is COCCCn1c(C(S)c2ccccn2)nnc1C1CCCCN1C. The van der Waals surface area contributed by atoms with Gasteiger partial charge in [-0.2, -0.15) is 12.6 Å². The highest BCUT2D eigenvalue weighted by atomic mass is 32.1. The van der Waals surface area contributed by atoms with Crippen LogP contribution in [0, 0.1) is 0 Å². The Morgan fingerprint density at radius 3 is 2.92 bits per heavy atom. The standard InChI is InChI=1S/C18H27N5OS/c1-22-11-6-4-9-15(22)17-20-21-18(23(17)12-7-13-24-2)16(25)14-8-3-5-10-19-14/h3,5,8,10,15-16,25H,4,6-7,9,11-13H2,1-2H3. The first-order chi connectivity index (χ1) is 12.2. The van der Waals surface area contributed by atoms with Crippen LogP contribution < -0.4 is 0 Å². The molecular weight excluding hydrogens is 334 g/mol. The Morgan fingerprint density at radius 1 is 1.32 bits per heavy atom. The lowest BCUT2D eigenvalue weighted by Crippen LogP contribution is -2.32. The van der Waals surface area contributed by atoms with E-state index in [2.05, 4.69) is 31.7 Å². The Labute approximate surface area is 155 Å². The van der Waals surface area contributed by atoms with E-state index in [0.717, 1.165) is 49.9 Å². The van der Waals surface area contributed by atoms with Crippen molar-refractivity contribution in [2.45, 2.75) is 43.5 Å². The van der Waals surface area contributed by atoms with E-state index in [1.165, 1.54) is 12.8 Å². The highest BCUT2D eigenvalue weighted by Gasteiger charge is 2.29. The number of likely N-dealkylation sites (tertiary alicyclic amines) is 1. The molecule has 1 saturated heterocycles. The molecule has 3 rings (SSSR count). The number of rotatable bonds is 7. The van der Waals surface area contributed by atoms with Crippen LogP contribution >= 0.6 is 12.6 Å². The maximum absolute atomic E-state index is 5.24. The number of ether oxygens (including phenoxy) is 1. The Balaban J connectivity index is 1.91. The number of piperidine rings is 1. The van der Waals surface area contributed by atoms with Crippen molar-refractivity contribution in [2.75, 3.05) is 27.3 Å². The van der Waals surface area contributed by atoms with Gasteiger partial charge >= 0.3 is 0 Å². The summed E-state index contributed by atoms with van der Waals surface area (Å²) in [5.41, 5.74) is 0.898.